The predicted octanol–water partition coefficient (Wildman–Crippen LogP) is 3.98. The third-order valence-corrected chi connectivity index (χ3v) is 4.89. The Labute approximate surface area is 161 Å². The summed E-state index contributed by atoms with van der Waals surface area (Å²) < 4.78 is 0. The Kier molecular flexibility index (Phi) is 6.47. The van der Waals surface area contributed by atoms with Crippen molar-refractivity contribution in [1.82, 2.24) is 10.3 Å². The number of rotatable bonds is 5. The molecule has 1 atom stereocenters. The fourth-order valence-electron chi connectivity index (χ4n) is 2.90. The summed E-state index contributed by atoms with van der Waals surface area (Å²) in [6.45, 7) is 5.33. The summed E-state index contributed by atoms with van der Waals surface area (Å²) in [6.07, 6.45) is 0.657. The topological polar surface area (TPSA) is 85.8 Å². The Hall–Kier alpha value is -2.29. The van der Waals surface area contributed by atoms with Crippen LogP contribution in [0.15, 0.2) is 23.0 Å². The first kappa shape index (κ1) is 20.0. The van der Waals surface area contributed by atoms with Crippen LogP contribution in [-0.2, 0) is 11.2 Å². The normalized spacial score (nSPS) is 11.7. The van der Waals surface area contributed by atoms with E-state index in [9.17, 15) is 9.59 Å². The van der Waals surface area contributed by atoms with Gasteiger partial charge in [0, 0.05) is 22.2 Å². The van der Waals surface area contributed by atoms with Crippen molar-refractivity contribution >= 4 is 29.1 Å². The standard InChI is InChI=1S/C19H19Cl2N3O2/c1-10-14(11(2)24-19(26)16(10)9-22)6-7-18(25)23-12(3)15-5-4-13(20)8-17(15)21/h4-5,8,12H,6-7H2,1-3H3,(H,23,25)(H,24,26). The van der Waals surface area contributed by atoms with Crippen molar-refractivity contribution < 1.29 is 4.79 Å². The Morgan fingerprint density at radius 2 is 2.04 bits per heavy atom. The molecule has 1 amide bonds. The van der Waals surface area contributed by atoms with Crippen molar-refractivity contribution in [3.05, 3.63) is 66.5 Å². The Balaban J connectivity index is 2.08. The van der Waals surface area contributed by atoms with Crippen molar-refractivity contribution in [2.45, 2.75) is 39.7 Å². The van der Waals surface area contributed by atoms with Gasteiger partial charge in [-0.2, -0.15) is 5.26 Å². The number of nitriles is 1. The van der Waals surface area contributed by atoms with Gasteiger partial charge in [0.15, 0.2) is 0 Å². The molecule has 1 heterocycles. The van der Waals surface area contributed by atoms with Crippen LogP contribution in [0.25, 0.3) is 0 Å². The zero-order valence-electron chi connectivity index (χ0n) is 14.7. The number of nitrogens with zero attached hydrogens (tertiary/aromatic N) is 1. The van der Waals surface area contributed by atoms with Crippen LogP contribution in [-0.4, -0.2) is 10.9 Å². The molecule has 136 valence electrons. The molecule has 7 heteroatoms. The van der Waals surface area contributed by atoms with Gasteiger partial charge >= 0.3 is 0 Å². The lowest BCUT2D eigenvalue weighted by Gasteiger charge is -2.16. The van der Waals surface area contributed by atoms with E-state index in [0.717, 1.165) is 11.1 Å². The van der Waals surface area contributed by atoms with Gasteiger partial charge < -0.3 is 10.3 Å². The quantitative estimate of drug-likeness (QED) is 0.807. The maximum atomic E-state index is 12.3. The van der Waals surface area contributed by atoms with Crippen molar-refractivity contribution in [2.24, 2.45) is 0 Å². The van der Waals surface area contributed by atoms with Gasteiger partial charge in [-0.1, -0.05) is 29.3 Å². The van der Waals surface area contributed by atoms with Crippen LogP contribution in [0, 0.1) is 25.2 Å². The highest BCUT2D eigenvalue weighted by atomic mass is 35.5. The SMILES string of the molecule is Cc1[nH]c(=O)c(C#N)c(C)c1CCC(=O)NC(C)c1ccc(Cl)cc1Cl. The van der Waals surface area contributed by atoms with Crippen LogP contribution in [0.5, 0.6) is 0 Å². The van der Waals surface area contributed by atoms with E-state index in [4.69, 9.17) is 28.5 Å². The second-order valence-electron chi connectivity index (χ2n) is 6.12. The van der Waals surface area contributed by atoms with E-state index in [1.54, 1.807) is 32.0 Å². The molecule has 0 radical (unpaired) electrons. The molecule has 2 aromatic rings. The number of halogens is 2. The number of benzene rings is 1. The second kappa shape index (κ2) is 8.39. The van der Waals surface area contributed by atoms with E-state index < -0.39 is 5.56 Å². The van der Waals surface area contributed by atoms with E-state index in [0.29, 0.717) is 27.7 Å². The number of amides is 1. The lowest BCUT2D eigenvalue weighted by molar-refractivity contribution is -0.121. The summed E-state index contributed by atoms with van der Waals surface area (Å²) in [5.74, 6) is -0.146. The summed E-state index contributed by atoms with van der Waals surface area (Å²) in [5, 5.41) is 13.0. The fourth-order valence-corrected chi connectivity index (χ4v) is 3.48. The predicted molar refractivity (Wildman–Crippen MR) is 103 cm³/mol. The van der Waals surface area contributed by atoms with Gasteiger partial charge in [-0.25, -0.2) is 0 Å². The van der Waals surface area contributed by atoms with Crippen molar-refractivity contribution in [3.63, 3.8) is 0 Å². The number of aromatic nitrogens is 1. The molecule has 0 fully saturated rings. The molecular weight excluding hydrogens is 373 g/mol. The van der Waals surface area contributed by atoms with Crippen LogP contribution in [0.1, 0.15) is 47.3 Å². The molecule has 0 saturated heterocycles. The zero-order valence-corrected chi connectivity index (χ0v) is 16.3. The van der Waals surface area contributed by atoms with E-state index in [2.05, 4.69) is 10.3 Å². The first-order chi connectivity index (χ1) is 12.2. The molecule has 2 N–H and O–H groups in total. The van der Waals surface area contributed by atoms with Crippen molar-refractivity contribution in [2.75, 3.05) is 0 Å². The van der Waals surface area contributed by atoms with Gasteiger partial charge in [0.05, 0.1) is 6.04 Å². The zero-order chi connectivity index (χ0) is 19.4. The minimum absolute atomic E-state index is 0.0901. The molecule has 1 aromatic carbocycles. The van der Waals surface area contributed by atoms with Crippen LogP contribution >= 0.6 is 23.2 Å². The summed E-state index contributed by atoms with van der Waals surface area (Å²) in [4.78, 5) is 26.7. The minimum atomic E-state index is -0.401. The summed E-state index contributed by atoms with van der Waals surface area (Å²) in [7, 11) is 0. The molecule has 2 rings (SSSR count). The fraction of sp³-hybridized carbons (Fsp3) is 0.316. The maximum absolute atomic E-state index is 12.3. The number of nitrogens with one attached hydrogen (secondary N) is 2. The molecule has 0 aliphatic rings. The first-order valence-electron chi connectivity index (χ1n) is 8.11. The highest BCUT2D eigenvalue weighted by Gasteiger charge is 2.16. The smallest absolute Gasteiger partial charge is 0.266 e. The van der Waals surface area contributed by atoms with E-state index in [1.807, 2.05) is 13.0 Å². The lowest BCUT2D eigenvalue weighted by Crippen LogP contribution is -2.27. The van der Waals surface area contributed by atoms with Crippen LogP contribution < -0.4 is 10.9 Å². The van der Waals surface area contributed by atoms with Crippen LogP contribution in [0.4, 0.5) is 0 Å². The van der Waals surface area contributed by atoms with E-state index in [1.165, 1.54) is 0 Å². The monoisotopic (exact) mass is 391 g/mol. The number of hydrogen-bond donors (Lipinski definition) is 2. The molecule has 0 bridgehead atoms. The number of aromatic amines is 1. The number of pyridine rings is 1. The molecule has 26 heavy (non-hydrogen) atoms. The minimum Gasteiger partial charge on any atom is -0.350 e. The lowest BCUT2D eigenvalue weighted by atomic mass is 9.99. The largest absolute Gasteiger partial charge is 0.350 e. The third kappa shape index (κ3) is 4.46. The van der Waals surface area contributed by atoms with Crippen LogP contribution in [0.3, 0.4) is 0 Å². The molecule has 5 nitrogen and oxygen atoms in total. The Morgan fingerprint density at radius 1 is 1.35 bits per heavy atom. The van der Waals surface area contributed by atoms with Gasteiger partial charge in [-0.3, -0.25) is 9.59 Å². The van der Waals surface area contributed by atoms with Crippen LogP contribution in [0.2, 0.25) is 10.0 Å². The molecule has 0 saturated carbocycles. The summed E-state index contributed by atoms with van der Waals surface area (Å²) in [5.41, 5.74) is 2.58. The highest BCUT2D eigenvalue weighted by Crippen LogP contribution is 2.26. The third-order valence-electron chi connectivity index (χ3n) is 4.33. The van der Waals surface area contributed by atoms with Gasteiger partial charge in [-0.05, 0) is 56.0 Å². The number of H-pyrrole nitrogens is 1. The highest BCUT2D eigenvalue weighted by molar-refractivity contribution is 6.35. The number of aryl methyl sites for hydroxylation is 1. The molecule has 0 aliphatic heterocycles. The number of carbonyl (C=O) groups is 1. The van der Waals surface area contributed by atoms with Gasteiger partial charge in [-0.15, -0.1) is 0 Å². The second-order valence-corrected chi connectivity index (χ2v) is 6.97. The Morgan fingerprint density at radius 3 is 2.65 bits per heavy atom. The average Bonchev–Trinajstić information content (AvgIpc) is 2.54. The van der Waals surface area contributed by atoms with Crippen molar-refractivity contribution in [3.8, 4) is 6.07 Å². The maximum Gasteiger partial charge on any atom is 0.266 e. The van der Waals surface area contributed by atoms with E-state index in [-0.39, 0.29) is 23.9 Å². The molecule has 1 aromatic heterocycles. The summed E-state index contributed by atoms with van der Waals surface area (Å²) in [6, 6.07) is 6.79. The molecule has 0 spiro atoms. The number of carbonyl (C=O) groups excluding carboxylic acids is 1. The van der Waals surface area contributed by atoms with Gasteiger partial charge in [0.1, 0.15) is 11.6 Å². The van der Waals surface area contributed by atoms with Crippen molar-refractivity contribution in [1.29, 1.82) is 5.26 Å². The van der Waals surface area contributed by atoms with Gasteiger partial charge in [0.2, 0.25) is 5.91 Å². The molecule has 1 unspecified atom stereocenters. The molecule has 0 aliphatic carbocycles. The molecular formula is C19H19Cl2N3O2. The first-order valence-corrected chi connectivity index (χ1v) is 8.87. The summed E-state index contributed by atoms with van der Waals surface area (Å²) >= 11 is 12.1. The van der Waals surface area contributed by atoms with E-state index >= 15 is 0 Å². The average molecular weight is 392 g/mol. The van der Waals surface area contributed by atoms with Gasteiger partial charge in [0.25, 0.3) is 5.56 Å². The Bertz CT molecular complexity index is 945. The number of hydrogen-bond acceptors (Lipinski definition) is 3.